The van der Waals surface area contributed by atoms with Crippen molar-refractivity contribution in [2.75, 3.05) is 26.2 Å². The molecule has 0 aliphatic rings. The molecule has 0 saturated carbocycles. The molecule has 0 fully saturated rings. The first-order chi connectivity index (χ1) is 9.13. The van der Waals surface area contributed by atoms with Gasteiger partial charge in [0.2, 0.25) is 0 Å². The molecule has 0 saturated heterocycles. The third kappa shape index (κ3) is 18.6. The Morgan fingerprint density at radius 2 is 0.792 bits per heavy atom. The van der Waals surface area contributed by atoms with Crippen LogP contribution >= 0.6 is 0 Å². The molecule has 0 amide bonds. The number of carbonyl (C=O) groups excluding carboxylic acids is 4. The maximum atomic E-state index is 10.5. The average Bonchev–Trinajstić information content (AvgIpc) is 2.23. The van der Waals surface area contributed by atoms with Gasteiger partial charge < -0.3 is 39.6 Å². The molecule has 0 unspecified atom stereocenters. The number of carbonyl (C=O) groups is 4. The van der Waals surface area contributed by atoms with E-state index in [1.807, 2.05) is 0 Å². The third-order valence-electron chi connectivity index (χ3n) is 2.39. The second-order valence-electron chi connectivity index (χ2n) is 3.93. The van der Waals surface area contributed by atoms with Gasteiger partial charge in [0.05, 0.1) is 30.0 Å². The van der Waals surface area contributed by atoms with Gasteiger partial charge in [0, 0.05) is 26.2 Å². The maximum absolute atomic E-state index is 10.5. The van der Waals surface area contributed by atoms with Crippen molar-refractivity contribution in [3.63, 3.8) is 0 Å². The SMILES string of the molecule is CC(N(CC(=O)[O-])CC(=O)[O-])N(CC(=O)[O-])CC(=O)[O-].[Na+].[Na+].[Na+].[Na+]. The monoisotopic (exact) mass is 380 g/mol. The van der Waals surface area contributed by atoms with Crippen LogP contribution in [0.15, 0.2) is 0 Å². The van der Waals surface area contributed by atoms with Gasteiger partial charge in [-0.3, -0.25) is 9.80 Å². The molecule has 0 aromatic carbocycles. The van der Waals surface area contributed by atoms with Gasteiger partial charge in [-0.25, -0.2) is 0 Å². The maximum Gasteiger partial charge on any atom is 1.00 e. The van der Waals surface area contributed by atoms with Crippen LogP contribution in [0.5, 0.6) is 0 Å². The van der Waals surface area contributed by atoms with E-state index in [0.717, 1.165) is 9.80 Å². The van der Waals surface area contributed by atoms with Gasteiger partial charge in [-0.2, -0.15) is 0 Å². The Hall–Kier alpha value is 1.80. The molecule has 0 aromatic rings. The normalized spacial score (nSPS) is 9.17. The molecule has 0 aliphatic carbocycles. The van der Waals surface area contributed by atoms with Gasteiger partial charge >= 0.3 is 118 Å². The van der Waals surface area contributed by atoms with Gasteiger partial charge in [-0.05, 0) is 6.92 Å². The molecule has 0 radical (unpaired) electrons. The van der Waals surface area contributed by atoms with Crippen LogP contribution in [0.1, 0.15) is 6.92 Å². The van der Waals surface area contributed by atoms with Crippen LogP contribution in [0.3, 0.4) is 0 Å². The molecule has 0 aliphatic heterocycles. The van der Waals surface area contributed by atoms with Gasteiger partial charge in [-0.1, -0.05) is 0 Å². The first-order valence-corrected chi connectivity index (χ1v) is 5.41. The summed E-state index contributed by atoms with van der Waals surface area (Å²) in [7, 11) is 0. The van der Waals surface area contributed by atoms with E-state index in [4.69, 9.17) is 0 Å². The van der Waals surface area contributed by atoms with Crippen molar-refractivity contribution in [3.05, 3.63) is 0 Å². The smallest absolute Gasteiger partial charge is 0.549 e. The molecule has 10 nitrogen and oxygen atoms in total. The Morgan fingerprint density at radius 1 is 0.625 bits per heavy atom. The zero-order valence-electron chi connectivity index (χ0n) is 14.6. The second-order valence-corrected chi connectivity index (χ2v) is 3.93. The van der Waals surface area contributed by atoms with Crippen LogP contribution in [0, 0.1) is 0 Å². The summed E-state index contributed by atoms with van der Waals surface area (Å²) in [6.07, 6.45) is -1.14. The molecule has 114 valence electrons. The predicted octanol–water partition coefficient (Wildman–Crippen LogP) is -19.0. The first-order valence-electron chi connectivity index (χ1n) is 5.41. The zero-order valence-corrected chi connectivity index (χ0v) is 22.6. The molecular formula is C10H12N2Na4O8. The van der Waals surface area contributed by atoms with Crippen molar-refractivity contribution in [1.29, 1.82) is 0 Å². The van der Waals surface area contributed by atoms with Crippen LogP contribution in [-0.4, -0.2) is 66.0 Å². The molecule has 0 atom stereocenters. The summed E-state index contributed by atoms with van der Waals surface area (Å²) in [6.45, 7) is -2.13. The summed E-state index contributed by atoms with van der Waals surface area (Å²) in [4.78, 5) is 43.6. The summed E-state index contributed by atoms with van der Waals surface area (Å²) in [5.41, 5.74) is 0. The summed E-state index contributed by atoms with van der Waals surface area (Å²) in [5.74, 6) is -6.44. The van der Waals surface area contributed by atoms with E-state index < -0.39 is 56.2 Å². The molecule has 0 bridgehead atoms. The van der Waals surface area contributed by atoms with Gasteiger partial charge in [-0.15, -0.1) is 0 Å². The predicted molar refractivity (Wildman–Crippen MR) is 52.6 cm³/mol. The fourth-order valence-corrected chi connectivity index (χ4v) is 1.53. The number of nitrogens with zero attached hydrogens (tertiary/aromatic N) is 2. The summed E-state index contributed by atoms with van der Waals surface area (Å²) >= 11 is 0. The third-order valence-corrected chi connectivity index (χ3v) is 2.39. The number of hydrogen-bond donors (Lipinski definition) is 0. The van der Waals surface area contributed by atoms with E-state index in [2.05, 4.69) is 0 Å². The Kier molecular flexibility index (Phi) is 29.9. The van der Waals surface area contributed by atoms with E-state index >= 15 is 0 Å². The molecule has 0 heterocycles. The summed E-state index contributed by atoms with van der Waals surface area (Å²) in [6, 6.07) is 0. The minimum absolute atomic E-state index is 0. The van der Waals surface area contributed by atoms with Crippen molar-refractivity contribution in [2.45, 2.75) is 13.1 Å². The number of rotatable bonds is 10. The average molecular weight is 380 g/mol. The Balaban J connectivity index is -0.000000301. The quantitative estimate of drug-likeness (QED) is 0.262. The van der Waals surface area contributed by atoms with Gasteiger partial charge in [0.1, 0.15) is 0 Å². The summed E-state index contributed by atoms with van der Waals surface area (Å²) in [5, 5.41) is 42.1. The number of aliphatic carboxylic acids is 4. The van der Waals surface area contributed by atoms with Crippen LogP contribution in [0.4, 0.5) is 0 Å². The minimum Gasteiger partial charge on any atom is -0.549 e. The summed E-state index contributed by atoms with van der Waals surface area (Å²) < 4.78 is 0. The fourth-order valence-electron chi connectivity index (χ4n) is 1.53. The van der Waals surface area contributed by atoms with E-state index in [0.29, 0.717) is 0 Å². The van der Waals surface area contributed by atoms with Crippen LogP contribution in [0.2, 0.25) is 0 Å². The van der Waals surface area contributed by atoms with Crippen LogP contribution < -0.4 is 139 Å². The number of carboxylic acids is 4. The van der Waals surface area contributed by atoms with Gasteiger partial charge in [0.15, 0.2) is 0 Å². The van der Waals surface area contributed by atoms with Crippen molar-refractivity contribution in [3.8, 4) is 0 Å². The van der Waals surface area contributed by atoms with E-state index in [1.54, 1.807) is 0 Å². The Bertz CT molecular complexity index is 344. The second kappa shape index (κ2) is 19.6. The first kappa shape index (κ1) is 36.7. The molecule has 0 rings (SSSR count). The van der Waals surface area contributed by atoms with Crippen LogP contribution in [-0.2, 0) is 19.2 Å². The zero-order chi connectivity index (χ0) is 15.9. The number of hydrogen-bond acceptors (Lipinski definition) is 10. The Labute approximate surface area is 227 Å². The van der Waals surface area contributed by atoms with E-state index in [1.165, 1.54) is 6.92 Å². The molecular weight excluding hydrogens is 368 g/mol. The minimum atomic E-state index is -1.61. The molecule has 24 heavy (non-hydrogen) atoms. The molecule has 0 aromatic heterocycles. The van der Waals surface area contributed by atoms with Crippen molar-refractivity contribution in [1.82, 2.24) is 9.80 Å². The topological polar surface area (TPSA) is 167 Å². The van der Waals surface area contributed by atoms with E-state index in [9.17, 15) is 39.6 Å². The number of carboxylic acid groups (broad SMARTS) is 4. The van der Waals surface area contributed by atoms with Crippen LogP contribution in [0.25, 0.3) is 0 Å². The fraction of sp³-hybridized carbons (Fsp3) is 0.600. The Morgan fingerprint density at radius 3 is 0.917 bits per heavy atom. The standard InChI is InChI=1S/C10H16N2O8.4Na/c1-6(11(2-7(13)14)3-8(15)16)12(4-9(17)18)5-10(19)20;;;;/h6H,2-5H2,1H3,(H,13,14)(H,15,16)(H,17,18)(H,19,20);;;;/q;4*+1/p-4. The largest absolute Gasteiger partial charge is 1.00 e. The molecule has 0 spiro atoms. The molecule has 14 heteroatoms. The van der Waals surface area contributed by atoms with Crippen molar-refractivity contribution < 1.29 is 158 Å². The molecule has 0 N–H and O–H groups in total. The van der Waals surface area contributed by atoms with Gasteiger partial charge in [0.25, 0.3) is 0 Å². The van der Waals surface area contributed by atoms with Crippen molar-refractivity contribution >= 4 is 23.9 Å². The van der Waals surface area contributed by atoms with E-state index in [-0.39, 0.29) is 118 Å². The van der Waals surface area contributed by atoms with Crippen molar-refractivity contribution in [2.24, 2.45) is 0 Å².